The molecule has 3 heteroatoms. The third-order valence-corrected chi connectivity index (χ3v) is 2.38. The van der Waals surface area contributed by atoms with Gasteiger partial charge in [0.25, 0.3) is 0 Å². The van der Waals surface area contributed by atoms with Crippen molar-refractivity contribution in [3.63, 3.8) is 0 Å². The van der Waals surface area contributed by atoms with Crippen LogP contribution in [-0.2, 0) is 6.42 Å². The molecule has 0 radical (unpaired) electrons. The summed E-state index contributed by atoms with van der Waals surface area (Å²) in [7, 11) is 0. The van der Waals surface area contributed by atoms with Crippen molar-refractivity contribution in [1.29, 1.82) is 0 Å². The van der Waals surface area contributed by atoms with Gasteiger partial charge in [0.1, 0.15) is 5.76 Å². The first-order valence-corrected chi connectivity index (χ1v) is 5.17. The topological polar surface area (TPSA) is 25.2 Å². The molecule has 0 aromatic carbocycles. The second-order valence-corrected chi connectivity index (χ2v) is 3.74. The lowest BCUT2D eigenvalue weighted by Gasteiger charge is -2.11. The van der Waals surface area contributed by atoms with Crippen LogP contribution in [0.5, 0.6) is 0 Å². The summed E-state index contributed by atoms with van der Waals surface area (Å²) in [5, 5.41) is 3.36. The Balaban J connectivity index is 2.26. The number of hydrogen-bond donors (Lipinski definition) is 1. The third-order valence-electron chi connectivity index (χ3n) is 2.00. The van der Waals surface area contributed by atoms with Gasteiger partial charge in [-0.1, -0.05) is 11.6 Å². The molecule has 0 fully saturated rings. The molecule has 0 saturated heterocycles. The lowest BCUT2D eigenvalue weighted by Crippen LogP contribution is -2.29. The first-order valence-electron chi connectivity index (χ1n) is 4.74. The monoisotopic (exact) mass is 213 g/mol. The molecular weight excluding hydrogens is 198 g/mol. The van der Waals surface area contributed by atoms with Crippen molar-refractivity contribution in [2.24, 2.45) is 0 Å². The van der Waals surface area contributed by atoms with Crippen LogP contribution in [0.4, 0.5) is 0 Å². The van der Waals surface area contributed by atoms with E-state index in [2.05, 4.69) is 12.2 Å². The number of nitrogens with one attached hydrogen (secondary N) is 1. The maximum absolute atomic E-state index is 5.56. The second-order valence-electron chi connectivity index (χ2n) is 3.52. The Morgan fingerprint density at radius 3 is 3.07 bits per heavy atom. The third kappa shape index (κ3) is 3.99. The van der Waals surface area contributed by atoms with Crippen LogP contribution in [0.1, 0.15) is 19.6 Å². The first-order chi connectivity index (χ1) is 6.72. The maximum atomic E-state index is 5.56. The van der Waals surface area contributed by atoms with E-state index in [0.29, 0.717) is 6.04 Å². The molecule has 0 aliphatic carbocycles. The van der Waals surface area contributed by atoms with Crippen molar-refractivity contribution in [3.05, 3.63) is 35.3 Å². The summed E-state index contributed by atoms with van der Waals surface area (Å²) < 4.78 is 5.26. The SMILES string of the molecule is C/C(=C\Cl)CNC(C)Cc1ccco1. The fraction of sp³-hybridized carbons (Fsp3) is 0.455. The van der Waals surface area contributed by atoms with Crippen LogP contribution < -0.4 is 5.32 Å². The first kappa shape index (κ1) is 11.3. The molecule has 1 atom stereocenters. The predicted molar refractivity (Wildman–Crippen MR) is 59.5 cm³/mol. The molecule has 0 saturated carbocycles. The summed E-state index contributed by atoms with van der Waals surface area (Å²) in [6, 6.07) is 4.29. The molecule has 0 aliphatic heterocycles. The van der Waals surface area contributed by atoms with Crippen LogP contribution >= 0.6 is 11.6 Å². The van der Waals surface area contributed by atoms with E-state index in [0.717, 1.165) is 24.3 Å². The van der Waals surface area contributed by atoms with Gasteiger partial charge in [0.2, 0.25) is 0 Å². The molecule has 1 aromatic heterocycles. The highest BCUT2D eigenvalue weighted by molar-refractivity contribution is 6.25. The molecule has 14 heavy (non-hydrogen) atoms. The van der Waals surface area contributed by atoms with Gasteiger partial charge in [0.05, 0.1) is 6.26 Å². The summed E-state index contributed by atoms with van der Waals surface area (Å²) in [5.74, 6) is 1.01. The standard InChI is InChI=1S/C11H16ClNO/c1-9(7-12)8-13-10(2)6-11-4-3-5-14-11/h3-5,7,10,13H,6,8H2,1-2H3/b9-7+. The Labute approximate surface area is 89.9 Å². The second kappa shape index (κ2) is 5.89. The molecule has 0 bridgehead atoms. The van der Waals surface area contributed by atoms with Gasteiger partial charge in [0, 0.05) is 24.5 Å². The molecule has 1 rings (SSSR count). The Bertz CT molecular complexity index is 279. The van der Waals surface area contributed by atoms with Gasteiger partial charge >= 0.3 is 0 Å². The van der Waals surface area contributed by atoms with Crippen molar-refractivity contribution < 1.29 is 4.42 Å². The highest BCUT2D eigenvalue weighted by Crippen LogP contribution is 2.04. The van der Waals surface area contributed by atoms with Gasteiger partial charge in [-0.05, 0) is 31.6 Å². The summed E-state index contributed by atoms with van der Waals surface area (Å²) >= 11 is 5.56. The van der Waals surface area contributed by atoms with Gasteiger partial charge in [-0.3, -0.25) is 0 Å². The number of halogens is 1. The van der Waals surface area contributed by atoms with Crippen LogP contribution in [-0.4, -0.2) is 12.6 Å². The molecular formula is C11H16ClNO. The molecule has 1 heterocycles. The van der Waals surface area contributed by atoms with Crippen molar-refractivity contribution in [1.82, 2.24) is 5.32 Å². The van der Waals surface area contributed by atoms with E-state index in [9.17, 15) is 0 Å². The minimum atomic E-state index is 0.396. The lowest BCUT2D eigenvalue weighted by atomic mass is 10.2. The van der Waals surface area contributed by atoms with Gasteiger partial charge in [0.15, 0.2) is 0 Å². The minimum absolute atomic E-state index is 0.396. The molecule has 1 N–H and O–H groups in total. The zero-order valence-electron chi connectivity index (χ0n) is 8.59. The zero-order valence-corrected chi connectivity index (χ0v) is 9.34. The maximum Gasteiger partial charge on any atom is 0.105 e. The lowest BCUT2D eigenvalue weighted by molar-refractivity contribution is 0.464. The van der Waals surface area contributed by atoms with Crippen molar-refractivity contribution >= 4 is 11.6 Å². The van der Waals surface area contributed by atoms with Crippen LogP contribution in [0, 0.1) is 0 Å². The van der Waals surface area contributed by atoms with Crippen LogP contribution in [0.15, 0.2) is 33.9 Å². The Hall–Kier alpha value is -0.730. The van der Waals surface area contributed by atoms with E-state index in [1.165, 1.54) is 0 Å². The predicted octanol–water partition coefficient (Wildman–Crippen LogP) is 2.94. The molecule has 0 aliphatic rings. The van der Waals surface area contributed by atoms with Crippen molar-refractivity contribution in [2.45, 2.75) is 26.3 Å². The molecule has 2 nitrogen and oxygen atoms in total. The number of rotatable bonds is 5. The molecule has 0 spiro atoms. The van der Waals surface area contributed by atoms with Crippen LogP contribution in [0.3, 0.4) is 0 Å². The Kier molecular flexibility index (Phi) is 4.77. The summed E-state index contributed by atoms with van der Waals surface area (Å²) in [5.41, 5.74) is 2.74. The molecule has 1 unspecified atom stereocenters. The molecule has 1 aromatic rings. The van der Waals surface area contributed by atoms with Crippen LogP contribution in [0.25, 0.3) is 0 Å². The summed E-state index contributed by atoms with van der Waals surface area (Å²) in [6.45, 7) is 4.95. The fourth-order valence-electron chi connectivity index (χ4n) is 1.18. The zero-order chi connectivity index (χ0) is 10.4. The van der Waals surface area contributed by atoms with E-state index >= 15 is 0 Å². The number of furan rings is 1. The van der Waals surface area contributed by atoms with Crippen LogP contribution in [0.2, 0.25) is 0 Å². The number of hydrogen-bond acceptors (Lipinski definition) is 2. The van der Waals surface area contributed by atoms with E-state index in [4.69, 9.17) is 16.0 Å². The van der Waals surface area contributed by atoms with E-state index in [1.807, 2.05) is 19.1 Å². The Morgan fingerprint density at radius 2 is 2.50 bits per heavy atom. The largest absolute Gasteiger partial charge is 0.469 e. The van der Waals surface area contributed by atoms with Gasteiger partial charge in [-0.2, -0.15) is 0 Å². The minimum Gasteiger partial charge on any atom is -0.469 e. The highest BCUT2D eigenvalue weighted by Gasteiger charge is 2.04. The molecule has 78 valence electrons. The average molecular weight is 214 g/mol. The molecule has 0 amide bonds. The van der Waals surface area contributed by atoms with Gasteiger partial charge in [-0.15, -0.1) is 0 Å². The van der Waals surface area contributed by atoms with E-state index < -0.39 is 0 Å². The Morgan fingerprint density at radius 1 is 1.71 bits per heavy atom. The van der Waals surface area contributed by atoms with E-state index in [-0.39, 0.29) is 0 Å². The van der Waals surface area contributed by atoms with Crippen molar-refractivity contribution in [2.75, 3.05) is 6.54 Å². The van der Waals surface area contributed by atoms with Gasteiger partial charge in [-0.25, -0.2) is 0 Å². The summed E-state index contributed by atoms with van der Waals surface area (Å²) in [6.07, 6.45) is 2.61. The normalized spacial score (nSPS) is 14.4. The highest BCUT2D eigenvalue weighted by atomic mass is 35.5. The summed E-state index contributed by atoms with van der Waals surface area (Å²) in [4.78, 5) is 0. The van der Waals surface area contributed by atoms with Crippen molar-refractivity contribution in [3.8, 4) is 0 Å². The van der Waals surface area contributed by atoms with Gasteiger partial charge < -0.3 is 9.73 Å². The van der Waals surface area contributed by atoms with E-state index in [1.54, 1.807) is 11.8 Å². The fourth-order valence-corrected chi connectivity index (χ4v) is 1.25. The average Bonchev–Trinajstić information content (AvgIpc) is 2.66. The smallest absolute Gasteiger partial charge is 0.105 e. The quantitative estimate of drug-likeness (QED) is 0.814.